The minimum atomic E-state index is -0.132. The van der Waals surface area contributed by atoms with Crippen LogP contribution in [0.4, 0.5) is 5.69 Å². The SMILES string of the molecule is CCc1ccccc1NC(=S)N(CCN1CCOCC1)Cc1cc2cc3c(cc2[nH]c1=O)OCCO3. The van der Waals surface area contributed by atoms with E-state index in [-0.39, 0.29) is 5.56 Å². The molecule has 2 aliphatic heterocycles. The summed E-state index contributed by atoms with van der Waals surface area (Å²) in [6.07, 6.45) is 0.903. The van der Waals surface area contributed by atoms with E-state index in [1.807, 2.05) is 36.4 Å². The van der Waals surface area contributed by atoms with Gasteiger partial charge in [0.15, 0.2) is 16.6 Å². The number of aryl methyl sites for hydroxylation is 1. The molecule has 5 rings (SSSR count). The topological polar surface area (TPSA) is 79.1 Å². The second-order valence-electron chi connectivity index (χ2n) is 9.02. The third kappa shape index (κ3) is 5.64. The first-order chi connectivity index (χ1) is 17.6. The molecule has 0 aliphatic carbocycles. The largest absolute Gasteiger partial charge is 0.486 e. The number of pyridine rings is 1. The van der Waals surface area contributed by atoms with Gasteiger partial charge < -0.3 is 29.4 Å². The second-order valence-corrected chi connectivity index (χ2v) is 9.41. The van der Waals surface area contributed by atoms with Gasteiger partial charge in [-0.2, -0.15) is 0 Å². The van der Waals surface area contributed by atoms with Crippen LogP contribution in [0.2, 0.25) is 0 Å². The molecule has 2 N–H and O–H groups in total. The molecule has 0 spiro atoms. The zero-order valence-corrected chi connectivity index (χ0v) is 21.4. The average molecular weight is 509 g/mol. The van der Waals surface area contributed by atoms with Crippen molar-refractivity contribution >= 4 is 33.9 Å². The normalized spacial score (nSPS) is 15.6. The highest BCUT2D eigenvalue weighted by atomic mass is 32.1. The minimum Gasteiger partial charge on any atom is -0.486 e. The van der Waals surface area contributed by atoms with Crippen LogP contribution in [0.5, 0.6) is 11.5 Å². The zero-order valence-electron chi connectivity index (χ0n) is 20.5. The maximum absolute atomic E-state index is 13.1. The van der Waals surface area contributed by atoms with Gasteiger partial charge in [0.05, 0.1) is 25.3 Å². The number of aromatic nitrogens is 1. The number of aromatic amines is 1. The molecule has 0 amide bonds. The molecule has 0 atom stereocenters. The molecular weight excluding hydrogens is 476 g/mol. The van der Waals surface area contributed by atoms with Gasteiger partial charge >= 0.3 is 0 Å². The molecule has 2 aliphatic rings. The van der Waals surface area contributed by atoms with Crippen molar-refractivity contribution in [3.05, 3.63) is 63.9 Å². The number of anilines is 1. The van der Waals surface area contributed by atoms with Crippen molar-refractivity contribution in [3.63, 3.8) is 0 Å². The van der Waals surface area contributed by atoms with Crippen molar-refractivity contribution in [2.75, 3.05) is 57.9 Å². The van der Waals surface area contributed by atoms with E-state index in [0.29, 0.717) is 48.5 Å². The Bertz CT molecular complexity index is 1290. The summed E-state index contributed by atoms with van der Waals surface area (Å²) in [4.78, 5) is 20.5. The molecule has 0 radical (unpaired) electrons. The number of hydrogen-bond donors (Lipinski definition) is 2. The maximum atomic E-state index is 13.1. The number of H-pyrrole nitrogens is 1. The Kier molecular flexibility index (Phi) is 7.69. The summed E-state index contributed by atoms with van der Waals surface area (Å²) in [5.41, 5.74) is 3.44. The predicted octanol–water partition coefficient (Wildman–Crippen LogP) is 3.39. The van der Waals surface area contributed by atoms with E-state index in [9.17, 15) is 4.79 Å². The third-order valence-corrected chi connectivity index (χ3v) is 7.02. The van der Waals surface area contributed by atoms with Gasteiger partial charge in [-0.15, -0.1) is 0 Å². The van der Waals surface area contributed by atoms with Crippen molar-refractivity contribution in [2.24, 2.45) is 0 Å². The lowest BCUT2D eigenvalue weighted by molar-refractivity contribution is 0.0358. The summed E-state index contributed by atoms with van der Waals surface area (Å²) in [6, 6.07) is 13.9. The summed E-state index contributed by atoms with van der Waals surface area (Å²) in [5.74, 6) is 1.36. The van der Waals surface area contributed by atoms with Crippen LogP contribution in [-0.2, 0) is 17.7 Å². The molecule has 3 aromatic rings. The van der Waals surface area contributed by atoms with Crippen molar-refractivity contribution in [1.82, 2.24) is 14.8 Å². The van der Waals surface area contributed by atoms with Crippen LogP contribution in [0.3, 0.4) is 0 Å². The van der Waals surface area contributed by atoms with E-state index in [2.05, 4.69) is 33.1 Å². The Morgan fingerprint density at radius 1 is 1.06 bits per heavy atom. The number of ether oxygens (including phenoxy) is 3. The molecule has 3 heterocycles. The molecule has 0 bridgehead atoms. The molecule has 1 fully saturated rings. The molecule has 1 aromatic heterocycles. The van der Waals surface area contributed by atoms with Crippen LogP contribution in [0.1, 0.15) is 18.1 Å². The monoisotopic (exact) mass is 508 g/mol. The summed E-state index contributed by atoms with van der Waals surface area (Å²) in [7, 11) is 0. The van der Waals surface area contributed by atoms with Crippen LogP contribution in [0, 0.1) is 0 Å². The zero-order chi connectivity index (χ0) is 24.9. The number of para-hydroxylation sites is 1. The standard InChI is InChI=1S/C27H32N4O4S/c1-2-19-5-3-4-6-22(19)29-27(36)31(8-7-30-9-11-33-12-10-30)18-21-15-20-16-24-25(35-14-13-34-24)17-23(20)28-26(21)32/h3-6,15-17H,2,7-14,18H2,1H3,(H,28,32)(H,29,36). The van der Waals surface area contributed by atoms with E-state index < -0.39 is 0 Å². The van der Waals surface area contributed by atoms with Crippen molar-refractivity contribution < 1.29 is 14.2 Å². The van der Waals surface area contributed by atoms with Gasteiger partial charge in [0.2, 0.25) is 0 Å². The van der Waals surface area contributed by atoms with Gasteiger partial charge in [-0.25, -0.2) is 0 Å². The number of fused-ring (bicyclic) bond motifs is 2. The average Bonchev–Trinajstić information content (AvgIpc) is 2.91. The highest BCUT2D eigenvalue weighted by Crippen LogP contribution is 2.33. The smallest absolute Gasteiger partial charge is 0.253 e. The molecule has 0 saturated carbocycles. The summed E-state index contributed by atoms with van der Waals surface area (Å²) < 4.78 is 16.9. The minimum absolute atomic E-state index is 0.132. The number of rotatable bonds is 7. The van der Waals surface area contributed by atoms with Crippen LogP contribution in [0.15, 0.2) is 47.3 Å². The van der Waals surface area contributed by atoms with Crippen molar-refractivity contribution in [3.8, 4) is 11.5 Å². The van der Waals surface area contributed by atoms with Gasteiger partial charge in [0, 0.05) is 48.9 Å². The molecule has 36 heavy (non-hydrogen) atoms. The number of thiocarbonyl (C=S) groups is 1. The quantitative estimate of drug-likeness (QED) is 0.471. The molecule has 1 saturated heterocycles. The summed E-state index contributed by atoms with van der Waals surface area (Å²) >= 11 is 5.87. The van der Waals surface area contributed by atoms with Gasteiger partial charge in [-0.3, -0.25) is 9.69 Å². The van der Waals surface area contributed by atoms with E-state index >= 15 is 0 Å². The van der Waals surface area contributed by atoms with Crippen LogP contribution < -0.4 is 20.3 Å². The van der Waals surface area contributed by atoms with Gasteiger partial charge in [-0.1, -0.05) is 25.1 Å². The highest BCUT2D eigenvalue weighted by molar-refractivity contribution is 7.80. The highest BCUT2D eigenvalue weighted by Gasteiger charge is 2.19. The fraction of sp³-hybridized carbons (Fsp3) is 0.407. The molecule has 8 nitrogen and oxygen atoms in total. The molecule has 9 heteroatoms. The van der Waals surface area contributed by atoms with E-state index in [1.165, 1.54) is 5.56 Å². The maximum Gasteiger partial charge on any atom is 0.253 e. The van der Waals surface area contributed by atoms with Crippen LogP contribution >= 0.6 is 12.2 Å². The van der Waals surface area contributed by atoms with Gasteiger partial charge in [0.25, 0.3) is 5.56 Å². The number of hydrogen-bond acceptors (Lipinski definition) is 6. The Morgan fingerprint density at radius 3 is 2.58 bits per heavy atom. The summed E-state index contributed by atoms with van der Waals surface area (Å²) in [5, 5.41) is 4.94. The summed E-state index contributed by atoms with van der Waals surface area (Å²) in [6.45, 7) is 8.36. The lowest BCUT2D eigenvalue weighted by atomic mass is 10.1. The second kappa shape index (κ2) is 11.3. The van der Waals surface area contributed by atoms with Crippen molar-refractivity contribution in [1.29, 1.82) is 0 Å². The first-order valence-corrected chi connectivity index (χ1v) is 12.9. The van der Waals surface area contributed by atoms with Crippen LogP contribution in [0.25, 0.3) is 10.9 Å². The van der Waals surface area contributed by atoms with E-state index in [4.69, 9.17) is 26.4 Å². The lowest BCUT2D eigenvalue weighted by Crippen LogP contribution is -2.44. The van der Waals surface area contributed by atoms with E-state index in [1.54, 1.807) is 0 Å². The Labute approximate surface area is 216 Å². The van der Waals surface area contributed by atoms with Gasteiger partial charge in [-0.05, 0) is 42.4 Å². The Balaban J connectivity index is 1.40. The number of nitrogens with one attached hydrogen (secondary N) is 2. The number of nitrogens with zero attached hydrogens (tertiary/aromatic N) is 2. The first kappa shape index (κ1) is 24.5. The molecule has 190 valence electrons. The Morgan fingerprint density at radius 2 is 1.81 bits per heavy atom. The third-order valence-electron chi connectivity index (χ3n) is 6.66. The Hall–Kier alpha value is -3.14. The molecule has 2 aromatic carbocycles. The number of morpholine rings is 1. The van der Waals surface area contributed by atoms with Crippen LogP contribution in [-0.4, -0.2) is 72.5 Å². The first-order valence-electron chi connectivity index (χ1n) is 12.5. The van der Waals surface area contributed by atoms with E-state index in [0.717, 1.165) is 55.9 Å². The molecular formula is C27H32N4O4S. The predicted molar refractivity (Wildman–Crippen MR) is 145 cm³/mol. The lowest BCUT2D eigenvalue weighted by Gasteiger charge is -2.31. The molecule has 0 unspecified atom stereocenters. The van der Waals surface area contributed by atoms with Gasteiger partial charge in [0.1, 0.15) is 13.2 Å². The van der Waals surface area contributed by atoms with Crippen molar-refractivity contribution in [2.45, 2.75) is 19.9 Å². The fourth-order valence-corrected chi connectivity index (χ4v) is 4.86. The number of benzene rings is 2. The fourth-order valence-electron chi connectivity index (χ4n) is 4.60.